The number of nitrogens with one attached hydrogen (secondary N) is 2. The summed E-state index contributed by atoms with van der Waals surface area (Å²) in [6.07, 6.45) is 0.153. The number of fused-ring (bicyclic) bond motifs is 1. The van der Waals surface area contributed by atoms with Crippen LogP contribution < -0.4 is 10.5 Å². The number of rotatable bonds is 7. The maximum Gasteiger partial charge on any atom is 0.313 e. The van der Waals surface area contributed by atoms with Crippen LogP contribution >= 0.6 is 0 Å². The van der Waals surface area contributed by atoms with Crippen molar-refractivity contribution in [1.82, 2.24) is 10.2 Å². The summed E-state index contributed by atoms with van der Waals surface area (Å²) in [6.45, 7) is 7.69. The lowest BCUT2D eigenvalue weighted by Crippen LogP contribution is -2.50. The van der Waals surface area contributed by atoms with Crippen molar-refractivity contribution in [3.05, 3.63) is 87.3 Å². The van der Waals surface area contributed by atoms with E-state index in [2.05, 4.69) is 28.9 Å². The molecule has 0 unspecified atom stereocenters. The highest BCUT2D eigenvalue weighted by molar-refractivity contribution is 5.77. The molecule has 1 aromatic heterocycles. The Bertz CT molecular complexity index is 1140. The first kappa shape index (κ1) is 22.9. The second-order valence-corrected chi connectivity index (χ2v) is 8.82. The molecule has 0 spiro atoms. The highest BCUT2D eigenvalue weighted by Crippen LogP contribution is 2.44. The van der Waals surface area contributed by atoms with Crippen molar-refractivity contribution in [3.63, 3.8) is 0 Å². The summed E-state index contributed by atoms with van der Waals surface area (Å²) in [6, 6.07) is 17.3. The van der Waals surface area contributed by atoms with Crippen molar-refractivity contribution in [2.75, 3.05) is 18.0 Å². The van der Waals surface area contributed by atoms with Gasteiger partial charge in [-0.3, -0.25) is 14.7 Å². The predicted molar refractivity (Wildman–Crippen MR) is 127 cm³/mol. The number of esters is 1. The van der Waals surface area contributed by atoms with Crippen molar-refractivity contribution < 1.29 is 14.6 Å². The minimum absolute atomic E-state index is 0.107. The van der Waals surface area contributed by atoms with Gasteiger partial charge in [-0.15, -0.1) is 0 Å². The minimum atomic E-state index is -1.39. The van der Waals surface area contributed by atoms with E-state index in [0.29, 0.717) is 11.3 Å². The Morgan fingerprint density at radius 3 is 2.39 bits per heavy atom. The van der Waals surface area contributed by atoms with Gasteiger partial charge in [-0.1, -0.05) is 42.5 Å². The Morgan fingerprint density at radius 1 is 1.09 bits per heavy atom. The summed E-state index contributed by atoms with van der Waals surface area (Å²) < 4.78 is 5.65. The Kier molecular flexibility index (Phi) is 6.42. The number of benzene rings is 2. The van der Waals surface area contributed by atoms with Gasteiger partial charge < -0.3 is 19.8 Å². The lowest BCUT2D eigenvalue weighted by atomic mass is 9.66. The van der Waals surface area contributed by atoms with Crippen LogP contribution in [0.3, 0.4) is 0 Å². The van der Waals surface area contributed by atoms with Gasteiger partial charge >= 0.3 is 5.97 Å². The topological polar surface area (TPSA) is 98.4 Å². The molecule has 0 fully saturated rings. The van der Waals surface area contributed by atoms with Gasteiger partial charge in [0.15, 0.2) is 0 Å². The molecule has 4 rings (SSSR count). The zero-order chi connectivity index (χ0) is 23.6. The number of carbonyl (C=O) groups is 1. The molecule has 0 saturated heterocycles. The van der Waals surface area contributed by atoms with Gasteiger partial charge in [0.25, 0.3) is 5.56 Å². The van der Waals surface area contributed by atoms with Gasteiger partial charge in [0.1, 0.15) is 6.61 Å². The fraction of sp³-hybridized carbons (Fsp3) is 0.385. The van der Waals surface area contributed by atoms with Gasteiger partial charge in [-0.2, -0.15) is 0 Å². The summed E-state index contributed by atoms with van der Waals surface area (Å²) in [5.41, 5.74) is 2.15. The molecule has 3 atom stereocenters. The number of hydrogen-bond donors (Lipinski definition) is 3. The predicted octanol–water partition coefficient (Wildman–Crippen LogP) is 3.35. The molecule has 7 heteroatoms. The molecular formula is C26H31N3O4. The molecule has 7 nitrogen and oxygen atoms in total. The summed E-state index contributed by atoms with van der Waals surface area (Å²) in [7, 11) is 0. The standard InChI is InChI=1S/C26H31N3O4/c1-4-29(5-2)19-13-11-18(12-14-19)21-22-20(27-28-24(22)30)15-26(3,32)23(21)25(31)33-16-17-9-7-6-8-10-17/h6-14,21,23,32H,4-5,15-16H2,1-3H3,(H2,27,28,30)/t21-,23-,26-/m0/s1. The Labute approximate surface area is 193 Å². The largest absolute Gasteiger partial charge is 0.460 e. The normalized spacial score (nSPS) is 21.9. The lowest BCUT2D eigenvalue weighted by Gasteiger charge is -2.40. The number of aromatic nitrogens is 2. The van der Waals surface area contributed by atoms with E-state index in [0.717, 1.165) is 29.9 Å². The Morgan fingerprint density at radius 2 is 1.76 bits per heavy atom. The molecule has 0 amide bonds. The van der Waals surface area contributed by atoms with Crippen LogP contribution in [-0.2, 0) is 22.6 Å². The molecule has 0 bridgehead atoms. The molecule has 0 radical (unpaired) electrons. The Hall–Kier alpha value is -3.32. The first-order valence-corrected chi connectivity index (χ1v) is 11.4. The summed E-state index contributed by atoms with van der Waals surface area (Å²) in [4.78, 5) is 28.3. The first-order valence-electron chi connectivity index (χ1n) is 11.4. The molecular weight excluding hydrogens is 418 g/mol. The van der Waals surface area contributed by atoms with Gasteiger partial charge in [0, 0.05) is 42.4 Å². The molecule has 3 N–H and O–H groups in total. The molecule has 1 aliphatic rings. The van der Waals surface area contributed by atoms with E-state index in [9.17, 15) is 14.7 Å². The van der Waals surface area contributed by atoms with E-state index in [-0.39, 0.29) is 18.6 Å². The van der Waals surface area contributed by atoms with Crippen LogP contribution in [0, 0.1) is 5.92 Å². The number of H-pyrrole nitrogens is 2. The van der Waals surface area contributed by atoms with Crippen molar-refractivity contribution in [2.45, 2.75) is 45.3 Å². The van der Waals surface area contributed by atoms with Crippen molar-refractivity contribution >= 4 is 11.7 Å². The zero-order valence-electron chi connectivity index (χ0n) is 19.3. The quantitative estimate of drug-likeness (QED) is 0.481. The van der Waals surface area contributed by atoms with Crippen LogP contribution in [0.1, 0.15) is 49.1 Å². The second kappa shape index (κ2) is 9.27. The second-order valence-electron chi connectivity index (χ2n) is 8.82. The van der Waals surface area contributed by atoms with Gasteiger partial charge in [-0.25, -0.2) is 0 Å². The van der Waals surface area contributed by atoms with E-state index in [1.165, 1.54) is 0 Å². The highest BCUT2D eigenvalue weighted by Gasteiger charge is 2.51. The van der Waals surface area contributed by atoms with E-state index < -0.39 is 23.4 Å². The van der Waals surface area contributed by atoms with E-state index >= 15 is 0 Å². The average molecular weight is 450 g/mol. The smallest absolute Gasteiger partial charge is 0.313 e. The number of ether oxygens (including phenoxy) is 1. The third kappa shape index (κ3) is 4.46. The molecule has 2 aromatic carbocycles. The Balaban J connectivity index is 1.72. The monoisotopic (exact) mass is 449 g/mol. The van der Waals surface area contributed by atoms with E-state index in [4.69, 9.17) is 4.74 Å². The van der Waals surface area contributed by atoms with Crippen molar-refractivity contribution in [2.24, 2.45) is 5.92 Å². The lowest BCUT2D eigenvalue weighted by molar-refractivity contribution is -0.161. The van der Waals surface area contributed by atoms with Crippen molar-refractivity contribution in [3.8, 4) is 0 Å². The number of hydrogen-bond acceptors (Lipinski definition) is 5. The molecule has 3 aromatic rings. The van der Waals surface area contributed by atoms with Crippen LogP contribution in [-0.4, -0.2) is 40.0 Å². The summed E-state index contributed by atoms with van der Waals surface area (Å²) in [5.74, 6) is -2.08. The molecule has 1 aliphatic carbocycles. The SMILES string of the molecule is CCN(CC)c1ccc([C@H]2c3c([nH][nH]c3=O)C[C@](C)(O)[C@@H]2C(=O)OCc2ccccc2)cc1. The number of carbonyl (C=O) groups excluding carboxylic acids is 1. The number of anilines is 1. The first-order chi connectivity index (χ1) is 15.9. The van der Waals surface area contributed by atoms with Gasteiger partial charge in [0.2, 0.25) is 0 Å². The maximum atomic E-state index is 13.4. The van der Waals surface area contributed by atoms with Crippen LogP contribution in [0.15, 0.2) is 59.4 Å². The van der Waals surface area contributed by atoms with Gasteiger partial charge in [0.05, 0.1) is 11.5 Å². The highest BCUT2D eigenvalue weighted by atomic mass is 16.5. The molecule has 0 aliphatic heterocycles. The van der Waals surface area contributed by atoms with Crippen LogP contribution in [0.5, 0.6) is 0 Å². The summed E-state index contributed by atoms with van der Waals surface area (Å²) >= 11 is 0. The van der Waals surface area contributed by atoms with Crippen molar-refractivity contribution in [1.29, 1.82) is 0 Å². The zero-order valence-corrected chi connectivity index (χ0v) is 19.3. The number of aromatic amines is 2. The van der Waals surface area contributed by atoms with Crippen LogP contribution in [0.4, 0.5) is 5.69 Å². The van der Waals surface area contributed by atoms with Gasteiger partial charge in [-0.05, 0) is 44.0 Å². The number of aliphatic hydroxyl groups is 1. The van der Waals surface area contributed by atoms with E-state index in [1.807, 2.05) is 54.6 Å². The minimum Gasteiger partial charge on any atom is -0.460 e. The van der Waals surface area contributed by atoms with E-state index in [1.54, 1.807) is 6.92 Å². The molecule has 1 heterocycles. The third-order valence-corrected chi connectivity index (χ3v) is 6.60. The van der Waals surface area contributed by atoms with Crippen LogP contribution in [0.2, 0.25) is 0 Å². The summed E-state index contributed by atoms with van der Waals surface area (Å²) in [5, 5.41) is 16.9. The fourth-order valence-corrected chi connectivity index (χ4v) is 4.91. The third-order valence-electron chi connectivity index (χ3n) is 6.60. The maximum absolute atomic E-state index is 13.4. The molecule has 174 valence electrons. The fourth-order valence-electron chi connectivity index (χ4n) is 4.91. The van der Waals surface area contributed by atoms with Crippen LogP contribution in [0.25, 0.3) is 0 Å². The molecule has 33 heavy (non-hydrogen) atoms. The average Bonchev–Trinajstić information content (AvgIpc) is 3.17. The molecule has 0 saturated carbocycles. The number of nitrogens with zero attached hydrogens (tertiary/aromatic N) is 1.